The van der Waals surface area contributed by atoms with E-state index in [-0.39, 0.29) is 0 Å². The molecular formula is C13H10BNO2. The zero-order valence-corrected chi connectivity index (χ0v) is 9.04. The van der Waals surface area contributed by atoms with Crippen LogP contribution in [0.4, 0.5) is 0 Å². The lowest BCUT2D eigenvalue weighted by atomic mass is 9.80. The molecule has 82 valence electrons. The Labute approximate surface area is 98.5 Å². The summed E-state index contributed by atoms with van der Waals surface area (Å²) in [6.45, 7) is 0. The minimum absolute atomic E-state index is 0.481. The zero-order chi connectivity index (χ0) is 11.8. The van der Waals surface area contributed by atoms with Gasteiger partial charge in [0.05, 0.1) is 11.0 Å². The number of pyridine rings is 1. The Hall–Kier alpha value is -1.91. The maximum Gasteiger partial charge on any atom is 0.488 e. The summed E-state index contributed by atoms with van der Waals surface area (Å²) in [5, 5.41) is 20.2. The lowest BCUT2D eigenvalue weighted by Crippen LogP contribution is -2.29. The van der Waals surface area contributed by atoms with Crippen LogP contribution < -0.4 is 5.46 Å². The molecule has 3 nitrogen and oxygen atoms in total. The van der Waals surface area contributed by atoms with Gasteiger partial charge < -0.3 is 10.0 Å². The van der Waals surface area contributed by atoms with Crippen LogP contribution in [-0.4, -0.2) is 22.2 Å². The summed E-state index contributed by atoms with van der Waals surface area (Å²) < 4.78 is 0. The van der Waals surface area contributed by atoms with Crippen LogP contribution in [0.25, 0.3) is 21.8 Å². The Balaban J connectivity index is 2.32. The van der Waals surface area contributed by atoms with Gasteiger partial charge in [0.1, 0.15) is 0 Å². The number of para-hydroxylation sites is 1. The largest absolute Gasteiger partial charge is 0.488 e. The number of hydrogen-bond acceptors (Lipinski definition) is 3. The molecule has 17 heavy (non-hydrogen) atoms. The van der Waals surface area contributed by atoms with Gasteiger partial charge in [0.15, 0.2) is 0 Å². The maximum atomic E-state index is 9.13. The highest BCUT2D eigenvalue weighted by Crippen LogP contribution is 2.18. The predicted molar refractivity (Wildman–Crippen MR) is 69.1 cm³/mol. The Morgan fingerprint density at radius 1 is 0.824 bits per heavy atom. The summed E-state index contributed by atoms with van der Waals surface area (Å²) in [6, 6.07) is 15.1. The fourth-order valence-corrected chi connectivity index (χ4v) is 1.96. The molecule has 0 saturated heterocycles. The van der Waals surface area contributed by atoms with Crippen molar-refractivity contribution in [2.75, 3.05) is 0 Å². The molecule has 0 saturated carbocycles. The van der Waals surface area contributed by atoms with Gasteiger partial charge in [-0.25, -0.2) is 4.98 Å². The van der Waals surface area contributed by atoms with E-state index in [4.69, 9.17) is 10.0 Å². The van der Waals surface area contributed by atoms with Crippen LogP contribution in [-0.2, 0) is 0 Å². The van der Waals surface area contributed by atoms with Gasteiger partial charge in [0.25, 0.3) is 0 Å². The molecule has 0 fully saturated rings. The fraction of sp³-hybridized carbons (Fsp3) is 0. The second-order valence-electron chi connectivity index (χ2n) is 4.01. The van der Waals surface area contributed by atoms with Gasteiger partial charge in [-0.1, -0.05) is 30.3 Å². The fourth-order valence-electron chi connectivity index (χ4n) is 1.96. The van der Waals surface area contributed by atoms with Crippen molar-refractivity contribution in [3.63, 3.8) is 0 Å². The van der Waals surface area contributed by atoms with E-state index in [9.17, 15) is 0 Å². The van der Waals surface area contributed by atoms with Crippen molar-refractivity contribution >= 4 is 34.4 Å². The third-order valence-electron chi connectivity index (χ3n) is 2.84. The third kappa shape index (κ3) is 1.77. The predicted octanol–water partition coefficient (Wildman–Crippen LogP) is 1.07. The highest BCUT2D eigenvalue weighted by Gasteiger charge is 2.11. The van der Waals surface area contributed by atoms with Gasteiger partial charge >= 0.3 is 7.12 Å². The summed E-state index contributed by atoms with van der Waals surface area (Å²) >= 11 is 0. The lowest BCUT2D eigenvalue weighted by molar-refractivity contribution is 0.426. The Morgan fingerprint density at radius 2 is 1.59 bits per heavy atom. The molecule has 0 unspecified atom stereocenters. The minimum Gasteiger partial charge on any atom is -0.423 e. The van der Waals surface area contributed by atoms with Crippen LogP contribution >= 0.6 is 0 Å². The van der Waals surface area contributed by atoms with E-state index in [1.165, 1.54) is 0 Å². The first-order chi connectivity index (χ1) is 8.24. The molecule has 0 radical (unpaired) electrons. The van der Waals surface area contributed by atoms with E-state index in [0.717, 1.165) is 21.8 Å². The molecule has 2 aromatic carbocycles. The first kappa shape index (κ1) is 10.3. The highest BCUT2D eigenvalue weighted by atomic mass is 16.4. The summed E-state index contributed by atoms with van der Waals surface area (Å²) in [5.41, 5.74) is 2.28. The second kappa shape index (κ2) is 3.84. The Morgan fingerprint density at radius 3 is 2.41 bits per heavy atom. The van der Waals surface area contributed by atoms with Gasteiger partial charge in [0, 0.05) is 10.8 Å². The quantitative estimate of drug-likeness (QED) is 0.479. The molecule has 0 spiro atoms. The molecule has 1 aromatic heterocycles. The van der Waals surface area contributed by atoms with Crippen molar-refractivity contribution in [3.05, 3.63) is 48.5 Å². The van der Waals surface area contributed by atoms with Gasteiger partial charge in [-0.3, -0.25) is 0 Å². The molecule has 0 atom stereocenters. The van der Waals surface area contributed by atoms with Gasteiger partial charge in [0.2, 0.25) is 0 Å². The van der Waals surface area contributed by atoms with Crippen molar-refractivity contribution in [1.82, 2.24) is 4.98 Å². The van der Waals surface area contributed by atoms with Gasteiger partial charge in [-0.05, 0) is 23.7 Å². The number of rotatable bonds is 1. The standard InChI is InChI=1S/C13H10BNO2/c16-14(17)11-5-6-13-10(8-11)7-9-3-1-2-4-12(9)15-13/h1-8,16-17H. The van der Waals surface area contributed by atoms with Crippen LogP contribution in [0.2, 0.25) is 0 Å². The number of benzene rings is 2. The molecule has 3 aromatic rings. The monoisotopic (exact) mass is 223 g/mol. The van der Waals surface area contributed by atoms with Gasteiger partial charge in [-0.15, -0.1) is 0 Å². The van der Waals surface area contributed by atoms with Crippen LogP contribution in [0.15, 0.2) is 48.5 Å². The van der Waals surface area contributed by atoms with E-state index >= 15 is 0 Å². The van der Waals surface area contributed by atoms with Crippen LogP contribution in [0.5, 0.6) is 0 Å². The molecule has 0 amide bonds. The molecule has 0 aliphatic rings. The number of hydrogen-bond donors (Lipinski definition) is 2. The summed E-state index contributed by atoms with van der Waals surface area (Å²) in [5.74, 6) is 0. The van der Waals surface area contributed by atoms with Crippen molar-refractivity contribution in [2.24, 2.45) is 0 Å². The van der Waals surface area contributed by atoms with Crippen LogP contribution in [0.1, 0.15) is 0 Å². The molecule has 0 bridgehead atoms. The average molecular weight is 223 g/mol. The summed E-state index contributed by atoms with van der Waals surface area (Å²) in [6.07, 6.45) is 0. The maximum absolute atomic E-state index is 9.13. The molecule has 3 rings (SSSR count). The van der Waals surface area contributed by atoms with E-state index in [1.54, 1.807) is 18.2 Å². The molecule has 1 heterocycles. The lowest BCUT2D eigenvalue weighted by Gasteiger charge is -2.04. The van der Waals surface area contributed by atoms with E-state index in [1.807, 2.05) is 30.3 Å². The second-order valence-corrected chi connectivity index (χ2v) is 4.01. The summed E-state index contributed by atoms with van der Waals surface area (Å²) in [7, 11) is -1.44. The van der Waals surface area contributed by atoms with E-state index in [2.05, 4.69) is 4.98 Å². The normalized spacial score (nSPS) is 10.9. The first-order valence-electron chi connectivity index (χ1n) is 5.40. The molecule has 0 aliphatic heterocycles. The number of nitrogens with zero attached hydrogens (tertiary/aromatic N) is 1. The Bertz CT molecular complexity index is 697. The summed E-state index contributed by atoms with van der Waals surface area (Å²) in [4.78, 5) is 4.51. The molecular weight excluding hydrogens is 213 g/mol. The molecule has 4 heteroatoms. The van der Waals surface area contributed by atoms with Crippen molar-refractivity contribution in [3.8, 4) is 0 Å². The smallest absolute Gasteiger partial charge is 0.423 e. The van der Waals surface area contributed by atoms with E-state index < -0.39 is 7.12 Å². The topological polar surface area (TPSA) is 53.4 Å². The first-order valence-corrected chi connectivity index (χ1v) is 5.40. The van der Waals surface area contributed by atoms with E-state index in [0.29, 0.717) is 5.46 Å². The highest BCUT2D eigenvalue weighted by molar-refractivity contribution is 6.58. The Kier molecular flexibility index (Phi) is 2.32. The SMILES string of the molecule is OB(O)c1ccc2nc3ccccc3cc2c1. The average Bonchev–Trinajstić information content (AvgIpc) is 2.35. The van der Waals surface area contributed by atoms with Crippen LogP contribution in [0.3, 0.4) is 0 Å². The number of fused-ring (bicyclic) bond motifs is 2. The minimum atomic E-state index is -1.44. The molecule has 2 N–H and O–H groups in total. The third-order valence-corrected chi connectivity index (χ3v) is 2.84. The van der Waals surface area contributed by atoms with Crippen molar-refractivity contribution < 1.29 is 10.0 Å². The van der Waals surface area contributed by atoms with Crippen LogP contribution in [0, 0.1) is 0 Å². The van der Waals surface area contributed by atoms with Gasteiger partial charge in [-0.2, -0.15) is 0 Å². The van der Waals surface area contributed by atoms with Crippen molar-refractivity contribution in [2.45, 2.75) is 0 Å². The number of aromatic nitrogens is 1. The van der Waals surface area contributed by atoms with Crippen molar-refractivity contribution in [1.29, 1.82) is 0 Å². The zero-order valence-electron chi connectivity index (χ0n) is 9.04. The molecule has 0 aliphatic carbocycles.